The molecule has 2 saturated heterocycles. The predicted molar refractivity (Wildman–Crippen MR) is 117 cm³/mol. The smallest absolute Gasteiger partial charge is 0.255 e. The maximum atomic E-state index is 13.1. The molecule has 0 aliphatic carbocycles. The first-order chi connectivity index (χ1) is 13.9. The fraction of sp³-hybridized carbons (Fsp3) is 0.565. The van der Waals surface area contributed by atoms with Crippen LogP contribution in [0.1, 0.15) is 41.5 Å². The molecule has 0 bridgehead atoms. The van der Waals surface area contributed by atoms with Crippen molar-refractivity contribution in [3.05, 3.63) is 41.3 Å². The number of nitrogens with zero attached hydrogens (tertiary/aromatic N) is 5. The third kappa shape index (κ3) is 4.04. The lowest BCUT2D eigenvalue weighted by Gasteiger charge is -2.32. The third-order valence-electron chi connectivity index (χ3n) is 6.55. The van der Waals surface area contributed by atoms with Crippen molar-refractivity contribution in [3.8, 4) is 5.69 Å². The van der Waals surface area contributed by atoms with Gasteiger partial charge < -0.3 is 19.3 Å². The van der Waals surface area contributed by atoms with Crippen LogP contribution in [0.3, 0.4) is 0 Å². The van der Waals surface area contributed by atoms with Crippen LogP contribution in [0, 0.1) is 19.8 Å². The summed E-state index contributed by atoms with van der Waals surface area (Å²) >= 11 is 0. The van der Waals surface area contributed by atoms with Gasteiger partial charge in [-0.2, -0.15) is 0 Å². The number of carbonyl (C=O) groups is 1. The van der Waals surface area contributed by atoms with E-state index in [0.717, 1.165) is 73.6 Å². The van der Waals surface area contributed by atoms with Gasteiger partial charge in [-0.05, 0) is 57.9 Å². The summed E-state index contributed by atoms with van der Waals surface area (Å²) in [6.07, 6.45) is 4.41. The van der Waals surface area contributed by atoms with Crippen LogP contribution in [0.25, 0.3) is 5.69 Å². The lowest BCUT2D eigenvalue weighted by molar-refractivity contribution is 0.0663. The molecular formula is C23H33N5O. The number of aryl methyl sites for hydroxylation is 1. The van der Waals surface area contributed by atoms with Crippen LogP contribution >= 0.6 is 0 Å². The van der Waals surface area contributed by atoms with Crippen molar-refractivity contribution in [2.24, 2.45) is 5.92 Å². The normalized spacial score (nSPS) is 19.0. The Kier molecular flexibility index (Phi) is 5.63. The summed E-state index contributed by atoms with van der Waals surface area (Å²) in [6, 6.07) is 6.27. The Morgan fingerprint density at radius 3 is 2.34 bits per heavy atom. The third-order valence-corrected chi connectivity index (χ3v) is 6.55. The molecule has 0 spiro atoms. The molecule has 2 aromatic rings. The van der Waals surface area contributed by atoms with Crippen molar-refractivity contribution in [2.45, 2.75) is 33.6 Å². The fourth-order valence-electron chi connectivity index (χ4n) is 4.49. The van der Waals surface area contributed by atoms with Gasteiger partial charge in [0.1, 0.15) is 5.82 Å². The average Bonchev–Trinajstić information content (AvgIpc) is 3.03. The van der Waals surface area contributed by atoms with Crippen LogP contribution in [-0.4, -0.2) is 71.6 Å². The van der Waals surface area contributed by atoms with Gasteiger partial charge in [-0.1, -0.05) is 6.92 Å². The Balaban J connectivity index is 1.54. The summed E-state index contributed by atoms with van der Waals surface area (Å²) < 4.78 is 2.15. The summed E-state index contributed by atoms with van der Waals surface area (Å²) in [5.74, 6) is 2.01. The second kappa shape index (κ2) is 8.19. The number of carbonyl (C=O) groups excluding carboxylic acids is 1. The first-order valence-electron chi connectivity index (χ1n) is 10.8. The van der Waals surface area contributed by atoms with E-state index >= 15 is 0 Å². The minimum absolute atomic E-state index is 0.143. The molecule has 6 heteroatoms. The minimum Gasteiger partial charge on any atom is -0.357 e. The van der Waals surface area contributed by atoms with Gasteiger partial charge in [-0.3, -0.25) is 4.79 Å². The molecule has 0 unspecified atom stereocenters. The van der Waals surface area contributed by atoms with E-state index in [2.05, 4.69) is 47.4 Å². The quantitative estimate of drug-likeness (QED) is 0.801. The van der Waals surface area contributed by atoms with Crippen molar-refractivity contribution in [3.63, 3.8) is 0 Å². The highest BCUT2D eigenvalue weighted by molar-refractivity contribution is 5.96. The van der Waals surface area contributed by atoms with E-state index in [9.17, 15) is 4.79 Å². The maximum Gasteiger partial charge on any atom is 0.255 e. The molecular weight excluding hydrogens is 362 g/mol. The second-order valence-electron chi connectivity index (χ2n) is 8.76. The van der Waals surface area contributed by atoms with Gasteiger partial charge in [0.15, 0.2) is 0 Å². The predicted octanol–water partition coefficient (Wildman–Crippen LogP) is 3.11. The number of pyridine rings is 1. The number of hydrogen-bond acceptors (Lipinski definition) is 4. The molecule has 2 aliphatic heterocycles. The van der Waals surface area contributed by atoms with Crippen LogP contribution in [-0.2, 0) is 0 Å². The van der Waals surface area contributed by atoms with Crippen molar-refractivity contribution in [1.82, 2.24) is 19.4 Å². The Morgan fingerprint density at radius 2 is 1.72 bits per heavy atom. The number of rotatable bonds is 3. The van der Waals surface area contributed by atoms with E-state index in [-0.39, 0.29) is 5.91 Å². The van der Waals surface area contributed by atoms with E-state index < -0.39 is 0 Å². The molecule has 4 rings (SSSR count). The van der Waals surface area contributed by atoms with E-state index in [1.54, 1.807) is 0 Å². The van der Waals surface area contributed by atoms with E-state index in [1.165, 1.54) is 12.8 Å². The molecule has 4 heterocycles. The molecule has 0 atom stereocenters. The van der Waals surface area contributed by atoms with Crippen LogP contribution in [0.4, 0.5) is 5.82 Å². The lowest BCUT2D eigenvalue weighted by Crippen LogP contribution is -2.47. The van der Waals surface area contributed by atoms with Gasteiger partial charge in [0, 0.05) is 50.7 Å². The minimum atomic E-state index is 0.143. The summed E-state index contributed by atoms with van der Waals surface area (Å²) in [6.45, 7) is 12.1. The van der Waals surface area contributed by atoms with Crippen molar-refractivity contribution in [1.29, 1.82) is 0 Å². The fourth-order valence-corrected chi connectivity index (χ4v) is 4.49. The first kappa shape index (κ1) is 20.0. The second-order valence-corrected chi connectivity index (χ2v) is 8.76. The summed E-state index contributed by atoms with van der Waals surface area (Å²) in [7, 11) is 2.11. The summed E-state index contributed by atoms with van der Waals surface area (Å²) in [5.41, 5.74) is 3.89. The number of hydrogen-bond donors (Lipinski definition) is 0. The summed E-state index contributed by atoms with van der Waals surface area (Å²) in [4.78, 5) is 24.4. The SMILES string of the molecule is Cc1cc(C(=O)N2CCN(C)CC2)c(C)n1-c1ccc(N2CCC(C)CC2)nc1. The van der Waals surface area contributed by atoms with Gasteiger partial charge in [-0.15, -0.1) is 0 Å². The highest BCUT2D eigenvalue weighted by atomic mass is 16.2. The number of amides is 1. The topological polar surface area (TPSA) is 44.6 Å². The average molecular weight is 396 g/mol. The lowest BCUT2D eigenvalue weighted by atomic mass is 9.99. The molecule has 0 aromatic carbocycles. The van der Waals surface area contributed by atoms with Crippen LogP contribution < -0.4 is 4.90 Å². The molecule has 0 saturated carbocycles. The van der Waals surface area contributed by atoms with Crippen molar-refractivity contribution in [2.75, 3.05) is 51.2 Å². The number of piperazine rings is 1. The van der Waals surface area contributed by atoms with E-state index in [1.807, 2.05) is 24.1 Å². The molecule has 1 amide bonds. The molecule has 0 radical (unpaired) electrons. The standard InChI is InChI=1S/C23H33N5O/c1-17-7-9-26(10-8-17)22-6-5-20(16-24-22)28-18(2)15-21(19(28)3)23(29)27-13-11-25(4)12-14-27/h5-6,15-17H,7-14H2,1-4H3. The monoisotopic (exact) mass is 395 g/mol. The Labute approximate surface area is 174 Å². The van der Waals surface area contributed by atoms with Gasteiger partial charge >= 0.3 is 0 Å². The number of likely N-dealkylation sites (N-methyl/N-ethyl adjacent to an activating group) is 1. The zero-order valence-corrected chi connectivity index (χ0v) is 18.2. The van der Waals surface area contributed by atoms with E-state index in [0.29, 0.717) is 0 Å². The zero-order valence-electron chi connectivity index (χ0n) is 18.2. The highest BCUT2D eigenvalue weighted by Crippen LogP contribution is 2.25. The van der Waals surface area contributed by atoms with Gasteiger partial charge in [-0.25, -0.2) is 4.98 Å². The largest absolute Gasteiger partial charge is 0.357 e. The Hall–Kier alpha value is -2.34. The van der Waals surface area contributed by atoms with Crippen LogP contribution in [0.2, 0.25) is 0 Å². The maximum absolute atomic E-state index is 13.1. The van der Waals surface area contributed by atoms with Gasteiger partial charge in [0.05, 0.1) is 17.4 Å². The van der Waals surface area contributed by atoms with Crippen LogP contribution in [0.5, 0.6) is 0 Å². The van der Waals surface area contributed by atoms with E-state index in [4.69, 9.17) is 4.98 Å². The molecule has 156 valence electrons. The highest BCUT2D eigenvalue weighted by Gasteiger charge is 2.24. The zero-order chi connectivity index (χ0) is 20.5. The molecule has 2 aromatic heterocycles. The Bertz CT molecular complexity index is 856. The first-order valence-corrected chi connectivity index (χ1v) is 10.8. The van der Waals surface area contributed by atoms with Gasteiger partial charge in [0.2, 0.25) is 0 Å². The van der Waals surface area contributed by atoms with Crippen LogP contribution in [0.15, 0.2) is 24.4 Å². The molecule has 29 heavy (non-hydrogen) atoms. The molecule has 2 fully saturated rings. The van der Waals surface area contributed by atoms with Crippen molar-refractivity contribution < 1.29 is 4.79 Å². The molecule has 2 aliphatic rings. The molecule has 6 nitrogen and oxygen atoms in total. The molecule has 0 N–H and O–H groups in total. The number of piperidine rings is 1. The number of anilines is 1. The summed E-state index contributed by atoms with van der Waals surface area (Å²) in [5, 5.41) is 0. The Morgan fingerprint density at radius 1 is 1.03 bits per heavy atom. The number of aromatic nitrogens is 2. The van der Waals surface area contributed by atoms with Gasteiger partial charge in [0.25, 0.3) is 5.91 Å². The van der Waals surface area contributed by atoms with Crippen molar-refractivity contribution >= 4 is 11.7 Å².